The van der Waals surface area contributed by atoms with E-state index in [4.69, 9.17) is 15.6 Å². The van der Waals surface area contributed by atoms with Gasteiger partial charge in [-0.05, 0) is 50.1 Å². The number of hydrogen-bond donors (Lipinski definition) is 2. The molecule has 2 atom stereocenters. The highest BCUT2D eigenvalue weighted by atomic mass is 32.1. The zero-order valence-electron chi connectivity index (χ0n) is 11.9. The van der Waals surface area contributed by atoms with Gasteiger partial charge in [0, 0.05) is 22.4 Å². The van der Waals surface area contributed by atoms with Gasteiger partial charge in [0.05, 0.1) is 0 Å². The maximum absolute atomic E-state index is 8.91. The van der Waals surface area contributed by atoms with Gasteiger partial charge in [-0.2, -0.15) is 0 Å². The highest BCUT2D eigenvalue weighted by molar-refractivity contribution is 7.12. The first kappa shape index (κ1) is 15.0. The van der Waals surface area contributed by atoms with Crippen molar-refractivity contribution in [2.24, 2.45) is 5.73 Å². The summed E-state index contributed by atoms with van der Waals surface area (Å²) in [5.41, 5.74) is 7.15. The Balaban J connectivity index is 2.12. The molecule has 2 aromatic rings. The molecule has 1 aromatic carbocycles. The lowest BCUT2D eigenvalue weighted by Crippen LogP contribution is -2.28. The molecule has 0 bridgehead atoms. The predicted molar refractivity (Wildman–Crippen MR) is 83.3 cm³/mol. The average Bonchev–Trinajstić information content (AvgIpc) is 2.84. The highest BCUT2D eigenvalue weighted by Crippen LogP contribution is 2.29. The van der Waals surface area contributed by atoms with Gasteiger partial charge in [0.25, 0.3) is 0 Å². The molecule has 3 nitrogen and oxygen atoms in total. The van der Waals surface area contributed by atoms with Crippen molar-refractivity contribution in [3.8, 4) is 5.75 Å². The molecule has 0 aliphatic rings. The Bertz CT molecular complexity index is 534. The Morgan fingerprint density at radius 2 is 1.90 bits per heavy atom. The van der Waals surface area contributed by atoms with E-state index >= 15 is 0 Å². The predicted octanol–water partition coefficient (Wildman–Crippen LogP) is 3.06. The topological polar surface area (TPSA) is 55.5 Å². The lowest BCUT2D eigenvalue weighted by Gasteiger charge is -2.21. The number of aryl methyl sites for hydroxylation is 1. The third-order valence-corrected chi connectivity index (χ3v) is 4.17. The van der Waals surface area contributed by atoms with Crippen LogP contribution in [0.1, 0.15) is 28.3 Å². The van der Waals surface area contributed by atoms with Crippen LogP contribution in [-0.2, 0) is 6.42 Å². The summed E-state index contributed by atoms with van der Waals surface area (Å²) in [6.07, 6.45) is 0.540. The van der Waals surface area contributed by atoms with Crippen LogP contribution in [-0.4, -0.2) is 17.8 Å². The van der Waals surface area contributed by atoms with Gasteiger partial charge >= 0.3 is 0 Å². The van der Waals surface area contributed by atoms with Crippen molar-refractivity contribution in [3.63, 3.8) is 0 Å². The molecule has 1 aromatic heterocycles. The van der Waals surface area contributed by atoms with E-state index in [-0.39, 0.29) is 18.8 Å². The smallest absolute Gasteiger partial charge is 0.148 e. The molecule has 0 spiro atoms. The van der Waals surface area contributed by atoms with Gasteiger partial charge in [-0.25, -0.2) is 0 Å². The van der Waals surface area contributed by atoms with E-state index in [9.17, 15) is 0 Å². The molecular weight excluding hydrogens is 270 g/mol. The van der Waals surface area contributed by atoms with Crippen LogP contribution < -0.4 is 10.5 Å². The first-order valence-corrected chi connectivity index (χ1v) is 7.60. The minimum absolute atomic E-state index is 0.0785. The van der Waals surface area contributed by atoms with E-state index in [1.54, 1.807) is 11.3 Å². The number of thiophene rings is 1. The van der Waals surface area contributed by atoms with E-state index in [1.165, 1.54) is 4.88 Å². The standard InChI is InChI=1S/C16H21NO2S/c1-11-3-8-15(20-11)16(12(2)17)19-14-6-4-13(5-7-14)9-10-18/h3-8,12,16,18H,9-10,17H2,1-2H3. The van der Waals surface area contributed by atoms with E-state index in [1.807, 2.05) is 31.2 Å². The van der Waals surface area contributed by atoms with Crippen molar-refractivity contribution in [3.05, 3.63) is 51.7 Å². The molecule has 0 amide bonds. The van der Waals surface area contributed by atoms with Gasteiger partial charge in [-0.3, -0.25) is 0 Å². The number of rotatable bonds is 6. The van der Waals surface area contributed by atoms with E-state index in [0.717, 1.165) is 16.2 Å². The number of aliphatic hydroxyl groups excluding tert-OH is 1. The minimum atomic E-state index is -0.127. The SMILES string of the molecule is Cc1ccc(C(Oc2ccc(CCO)cc2)C(C)N)s1. The van der Waals surface area contributed by atoms with Gasteiger partial charge in [0.1, 0.15) is 11.9 Å². The second kappa shape index (κ2) is 6.88. The Kier molecular flexibility index (Phi) is 5.17. The van der Waals surface area contributed by atoms with Gasteiger partial charge in [0.2, 0.25) is 0 Å². The van der Waals surface area contributed by atoms with Crippen LogP contribution in [0.3, 0.4) is 0 Å². The molecule has 108 valence electrons. The molecule has 0 saturated heterocycles. The third-order valence-electron chi connectivity index (χ3n) is 3.11. The lowest BCUT2D eigenvalue weighted by molar-refractivity contribution is 0.184. The first-order valence-electron chi connectivity index (χ1n) is 6.78. The molecule has 0 aliphatic heterocycles. The Hall–Kier alpha value is -1.36. The Labute approximate surface area is 124 Å². The summed E-state index contributed by atoms with van der Waals surface area (Å²) in [5.74, 6) is 0.806. The van der Waals surface area contributed by atoms with Gasteiger partial charge < -0.3 is 15.6 Å². The summed E-state index contributed by atoms with van der Waals surface area (Å²) >= 11 is 1.72. The van der Waals surface area contributed by atoms with Crippen molar-refractivity contribution < 1.29 is 9.84 Å². The fourth-order valence-corrected chi connectivity index (χ4v) is 3.06. The second-order valence-electron chi connectivity index (χ2n) is 4.96. The quantitative estimate of drug-likeness (QED) is 0.860. The molecule has 0 radical (unpaired) electrons. The summed E-state index contributed by atoms with van der Waals surface area (Å²) in [5, 5.41) is 8.91. The molecule has 0 fully saturated rings. The molecule has 3 N–H and O–H groups in total. The number of benzene rings is 1. The molecule has 2 rings (SSSR count). The number of nitrogens with two attached hydrogens (primary N) is 1. The summed E-state index contributed by atoms with van der Waals surface area (Å²) in [6.45, 7) is 4.20. The van der Waals surface area contributed by atoms with Crippen LogP contribution in [0.4, 0.5) is 0 Å². The van der Waals surface area contributed by atoms with Crippen molar-refractivity contribution in [1.82, 2.24) is 0 Å². The summed E-state index contributed by atoms with van der Waals surface area (Å²) in [6, 6.07) is 11.9. The summed E-state index contributed by atoms with van der Waals surface area (Å²) < 4.78 is 6.03. The number of ether oxygens (including phenoxy) is 1. The van der Waals surface area contributed by atoms with E-state index < -0.39 is 0 Å². The maximum Gasteiger partial charge on any atom is 0.148 e. The molecule has 0 saturated carbocycles. The monoisotopic (exact) mass is 291 g/mol. The molecule has 0 aliphatic carbocycles. The maximum atomic E-state index is 8.91. The zero-order valence-corrected chi connectivity index (χ0v) is 12.7. The molecular formula is C16H21NO2S. The van der Waals surface area contributed by atoms with Crippen LogP contribution in [0.15, 0.2) is 36.4 Å². The minimum Gasteiger partial charge on any atom is -0.483 e. The van der Waals surface area contributed by atoms with Crippen LogP contribution in [0.25, 0.3) is 0 Å². The number of hydrogen-bond acceptors (Lipinski definition) is 4. The van der Waals surface area contributed by atoms with Gasteiger partial charge in [-0.15, -0.1) is 11.3 Å². The zero-order chi connectivity index (χ0) is 14.5. The fraction of sp³-hybridized carbons (Fsp3) is 0.375. The largest absolute Gasteiger partial charge is 0.483 e. The second-order valence-corrected chi connectivity index (χ2v) is 6.28. The van der Waals surface area contributed by atoms with Crippen molar-refractivity contribution in [2.75, 3.05) is 6.61 Å². The van der Waals surface area contributed by atoms with Crippen LogP contribution in [0.5, 0.6) is 5.75 Å². The van der Waals surface area contributed by atoms with E-state index in [0.29, 0.717) is 6.42 Å². The normalized spacial score (nSPS) is 14.0. The van der Waals surface area contributed by atoms with Gasteiger partial charge in [0.15, 0.2) is 0 Å². The van der Waals surface area contributed by atoms with Crippen molar-refractivity contribution in [2.45, 2.75) is 32.4 Å². The molecule has 4 heteroatoms. The van der Waals surface area contributed by atoms with E-state index in [2.05, 4.69) is 19.1 Å². The van der Waals surface area contributed by atoms with Gasteiger partial charge in [-0.1, -0.05) is 12.1 Å². The van der Waals surface area contributed by atoms with Crippen LogP contribution >= 0.6 is 11.3 Å². The summed E-state index contributed by atoms with van der Waals surface area (Å²) in [4.78, 5) is 2.41. The van der Waals surface area contributed by atoms with Crippen LogP contribution in [0.2, 0.25) is 0 Å². The summed E-state index contributed by atoms with van der Waals surface area (Å²) in [7, 11) is 0. The lowest BCUT2D eigenvalue weighted by atomic mass is 10.1. The average molecular weight is 291 g/mol. The van der Waals surface area contributed by atoms with Crippen LogP contribution in [0, 0.1) is 6.92 Å². The molecule has 20 heavy (non-hydrogen) atoms. The third kappa shape index (κ3) is 3.82. The van der Waals surface area contributed by atoms with Crippen molar-refractivity contribution in [1.29, 1.82) is 0 Å². The molecule has 2 unspecified atom stereocenters. The fourth-order valence-electron chi connectivity index (χ4n) is 2.04. The highest BCUT2D eigenvalue weighted by Gasteiger charge is 2.19. The van der Waals surface area contributed by atoms with Crippen molar-refractivity contribution >= 4 is 11.3 Å². The Morgan fingerprint density at radius 1 is 1.20 bits per heavy atom. The number of aliphatic hydroxyl groups is 1. The first-order chi connectivity index (χ1) is 9.60. The Morgan fingerprint density at radius 3 is 2.40 bits per heavy atom. The molecule has 1 heterocycles.